The fourth-order valence-corrected chi connectivity index (χ4v) is 36.5. The van der Waals surface area contributed by atoms with E-state index in [-0.39, 0.29) is 0 Å². The quantitative estimate of drug-likeness (QED) is 0.259. The molecule has 4 atom stereocenters. The average molecular weight is 1800 g/mol. The van der Waals surface area contributed by atoms with Crippen molar-refractivity contribution in [2.75, 3.05) is 0 Å². The van der Waals surface area contributed by atoms with Crippen molar-refractivity contribution in [3.05, 3.63) is 0 Å². The lowest BCUT2D eigenvalue weighted by Crippen LogP contribution is -2.44. The van der Waals surface area contributed by atoms with E-state index < -0.39 is 0 Å². The van der Waals surface area contributed by atoms with E-state index in [1.165, 1.54) is 141 Å². The van der Waals surface area contributed by atoms with Gasteiger partial charge >= 0.3 is 0 Å². The lowest BCUT2D eigenvalue weighted by molar-refractivity contribution is -0.0411. The van der Waals surface area contributed by atoms with Crippen LogP contribution in [0.3, 0.4) is 0 Å². The summed E-state index contributed by atoms with van der Waals surface area (Å²) in [5.41, 5.74) is 0.800. The smallest absolute Gasteiger partial charge is 0.0318 e. The van der Waals surface area contributed by atoms with E-state index in [9.17, 15) is 0 Å². The Morgan fingerprint density at radius 1 is 0.147 bits per heavy atom. The van der Waals surface area contributed by atoms with Gasteiger partial charge < -0.3 is 0 Å². The van der Waals surface area contributed by atoms with Gasteiger partial charge in [0.15, 0.2) is 0 Å². The molecule has 32 bridgehead atoms. The second-order valence-electron chi connectivity index (χ2n) is 49.7. The van der Waals surface area contributed by atoms with E-state index in [0.29, 0.717) is 0 Å². The molecule has 34 aliphatic rings. The topological polar surface area (TPSA) is 0 Å². The van der Waals surface area contributed by atoms with Crippen molar-refractivity contribution in [2.45, 2.75) is 616 Å². The minimum atomic E-state index is 0.800. The molecule has 0 aromatic heterocycles. The Morgan fingerprint density at radius 3 is 0.442 bits per heavy atom. The summed E-state index contributed by atoms with van der Waals surface area (Å²) in [6, 6.07) is 0. The summed E-state index contributed by atoms with van der Waals surface area (Å²) in [4.78, 5) is 0. The number of hydrogen-bond acceptors (Lipinski definition) is 0. The van der Waals surface area contributed by atoms with Crippen LogP contribution in [0.4, 0.5) is 0 Å². The Balaban J connectivity index is 0.000000190. The molecule has 0 radical (unpaired) electrons. The molecule has 34 rings (SSSR count). The van der Waals surface area contributed by atoms with Crippen molar-refractivity contribution in [3.8, 4) is 0 Å². The summed E-state index contributed by atoms with van der Waals surface area (Å²) in [7, 11) is 0. The van der Waals surface area contributed by atoms with Crippen LogP contribution in [-0.4, -0.2) is 0 Å². The highest BCUT2D eigenvalue weighted by molar-refractivity contribution is 5.02. The lowest BCUT2D eigenvalue weighted by atomic mass is 9.50. The fraction of sp³-hybridized carbons (Fsp3) is 1.00. The molecule has 0 spiro atoms. The van der Waals surface area contributed by atoms with Crippen LogP contribution in [0.5, 0.6) is 0 Å². The van der Waals surface area contributed by atoms with Crippen molar-refractivity contribution in [3.63, 3.8) is 0 Å². The second-order valence-corrected chi connectivity index (χ2v) is 49.7. The number of fused-ring (bicyclic) bond motifs is 17. The first-order valence-electron chi connectivity index (χ1n) is 63.4. The summed E-state index contributed by atoms with van der Waals surface area (Å²) >= 11 is 0. The summed E-state index contributed by atoms with van der Waals surface area (Å²) in [6.45, 7) is 49.8. The Bertz CT molecular complexity index is 2240. The Hall–Kier alpha value is 0. The summed E-state index contributed by atoms with van der Waals surface area (Å²) in [5.74, 6) is 39.4. The predicted octanol–water partition coefficient (Wildman–Crippen LogP) is 43.8. The molecule has 762 valence electrons. The van der Waals surface area contributed by atoms with Gasteiger partial charge in [0.2, 0.25) is 0 Å². The maximum Gasteiger partial charge on any atom is -0.0318 e. The molecule has 34 saturated carbocycles. The normalized spacial score (nSPS) is 43.3. The van der Waals surface area contributed by atoms with Gasteiger partial charge in [-0.25, -0.2) is 0 Å². The van der Waals surface area contributed by atoms with Gasteiger partial charge in [-0.3, -0.25) is 0 Å². The van der Waals surface area contributed by atoms with Gasteiger partial charge in [0.25, 0.3) is 0 Å². The number of rotatable bonds is 2. The maximum atomic E-state index is 2.54. The monoisotopic (exact) mass is 1800 g/mol. The minimum Gasteiger partial charge on any atom is -0.0683 e. The SMILES string of the molecule is C1C2CC3CC1CC3C2.C1C2CC3CC1CC3C2.C1CC2CC(C1)C2.C1CC2CCC1C2.C1CC2CCC1C2.C1CC2CCC1CC2.C1CC2CCCC(C1)C2.C1CC2CCCC(C1)C2.CC.CC.CC.CC.CC.CC.CC.CC.CC.CC.CC12CC3CC(CC(C3)C1)C2.CC1C2CC3CC(C2)CC1C3.CCC1CC2CCCC(C1)C2.CCC1CC2CCCC(C1)C2. The predicted molar refractivity (Wildman–Crippen MR) is 580 cm³/mol. The van der Waals surface area contributed by atoms with Gasteiger partial charge in [-0.05, 0) is 419 Å². The second kappa shape index (κ2) is 65.2. The molecule has 34 fully saturated rings. The highest BCUT2D eigenvalue weighted by Crippen LogP contribution is 2.62. The van der Waals surface area contributed by atoms with E-state index in [0.717, 1.165) is 124 Å². The molecule has 0 heterocycles. The largest absolute Gasteiger partial charge is 0.0683 e. The maximum absolute atomic E-state index is 2.54. The molecule has 0 heteroatoms. The van der Waals surface area contributed by atoms with Gasteiger partial charge in [0, 0.05) is 0 Å². The molecule has 0 aromatic rings. The van der Waals surface area contributed by atoms with Gasteiger partial charge in [-0.15, -0.1) is 0 Å². The first-order valence-corrected chi connectivity index (χ1v) is 63.4. The molecular weight excluding hydrogens is 1550 g/mol. The van der Waals surface area contributed by atoms with Gasteiger partial charge in [0.1, 0.15) is 0 Å². The van der Waals surface area contributed by atoms with Crippen LogP contribution >= 0.6 is 0 Å². The molecule has 0 nitrogen and oxygen atoms in total. The zero-order valence-electron chi connectivity index (χ0n) is 93.6. The highest BCUT2D eigenvalue weighted by Gasteiger charge is 2.51. The zero-order valence-corrected chi connectivity index (χ0v) is 93.6. The van der Waals surface area contributed by atoms with E-state index >= 15 is 0 Å². The van der Waals surface area contributed by atoms with Crippen LogP contribution in [-0.2, 0) is 0 Å². The average Bonchev–Trinajstić information content (AvgIpc) is 1.13. The van der Waals surface area contributed by atoms with E-state index in [2.05, 4.69) is 27.7 Å². The van der Waals surface area contributed by atoms with E-state index in [4.69, 9.17) is 0 Å². The third-order valence-corrected chi connectivity index (χ3v) is 41.4. The molecule has 34 aliphatic carbocycles. The summed E-state index contributed by atoms with van der Waals surface area (Å²) in [5, 5.41) is 0. The summed E-state index contributed by atoms with van der Waals surface area (Å²) in [6.07, 6.45) is 110. The Kier molecular flexibility index (Phi) is 58.6. The first-order chi connectivity index (χ1) is 63.4. The van der Waals surface area contributed by atoms with Crippen LogP contribution in [0.2, 0.25) is 0 Å². The standard InChI is InChI=1S/2C11H18.2C11H20.2C9H14.2C9H16.C8H14.3C7H12.10C2H6/c1-11-5-8-2-9(6-11)4-10(3-8)7-11;1-7-10-3-8-2-9(5-10)6-11(7)4-8;2*1-2-9-6-10-4-3-5-11(7-9)8-10;2*1-6-2-8-4-7(1)5-9(8)3-6;2*1-3-8-5-2-6-9(4-1)7-8;1-2-8-5-3-7(1)4-6-8;2*1-2-7-4-3-6(1)5-7;1-2-6-4-7(3-1)5-6;10*1-2/h8-10H,2-7H2,1H3;7-11H,2-6H2,1H3;2*9-11H,2-8H2,1H3;2*6-9H,1-5H2;2*8-9H,1-7H2;7-8H,1-6H2;3*6-7H,1-5H2;10*1-2H3. The molecule has 129 heavy (non-hydrogen) atoms. The van der Waals surface area contributed by atoms with E-state index in [1.54, 1.807) is 392 Å². The first kappa shape index (κ1) is 116. The van der Waals surface area contributed by atoms with E-state index in [1.807, 2.05) is 138 Å². The molecular formula is C129H246. The fourth-order valence-electron chi connectivity index (χ4n) is 36.5. The van der Waals surface area contributed by atoms with Crippen molar-refractivity contribution < 1.29 is 0 Å². The van der Waals surface area contributed by atoms with Gasteiger partial charge in [-0.2, -0.15) is 0 Å². The zero-order chi connectivity index (χ0) is 93.6. The van der Waals surface area contributed by atoms with Crippen molar-refractivity contribution in [1.82, 2.24) is 0 Å². The Labute approximate surface area is 816 Å². The minimum absolute atomic E-state index is 0.800. The molecule has 0 saturated heterocycles. The van der Waals surface area contributed by atoms with Crippen LogP contribution in [0.15, 0.2) is 0 Å². The molecule has 0 amide bonds. The number of hydrogen-bond donors (Lipinski definition) is 0. The van der Waals surface area contributed by atoms with Crippen LogP contribution in [0.1, 0.15) is 616 Å². The molecule has 0 aliphatic heterocycles. The van der Waals surface area contributed by atoms with Gasteiger partial charge in [0.05, 0.1) is 0 Å². The lowest BCUT2D eigenvalue weighted by Gasteiger charge is -2.55. The molecule has 0 aromatic carbocycles. The summed E-state index contributed by atoms with van der Waals surface area (Å²) < 4.78 is 0. The highest BCUT2D eigenvalue weighted by atomic mass is 14.6. The van der Waals surface area contributed by atoms with Gasteiger partial charge in [-0.1, -0.05) is 404 Å². The Morgan fingerprint density at radius 2 is 0.287 bits per heavy atom. The molecule has 4 unspecified atom stereocenters. The van der Waals surface area contributed by atoms with Crippen LogP contribution in [0.25, 0.3) is 0 Å². The van der Waals surface area contributed by atoms with Crippen molar-refractivity contribution >= 4 is 0 Å². The van der Waals surface area contributed by atoms with Crippen molar-refractivity contribution in [2.24, 2.45) is 207 Å². The van der Waals surface area contributed by atoms with Crippen LogP contribution in [0, 0.1) is 207 Å². The van der Waals surface area contributed by atoms with Crippen LogP contribution < -0.4 is 0 Å². The molecule has 0 N–H and O–H groups in total. The third kappa shape index (κ3) is 37.8. The van der Waals surface area contributed by atoms with Crippen molar-refractivity contribution in [1.29, 1.82) is 0 Å². The third-order valence-electron chi connectivity index (χ3n) is 41.4.